The highest BCUT2D eigenvalue weighted by Crippen LogP contribution is 2.18. The van der Waals surface area contributed by atoms with E-state index in [-0.39, 0.29) is 0 Å². The van der Waals surface area contributed by atoms with Crippen molar-refractivity contribution in [3.05, 3.63) is 23.3 Å². The maximum atomic E-state index is 4.65. The standard InChI is InChI=1S/C12H19N3/c1-9(13-2)7-12-14-8-10-5-3-4-6-11(10)15-12/h8-9,13H,3-7H2,1-2H3. The second-order valence-electron chi connectivity index (χ2n) is 4.36. The minimum atomic E-state index is 0.451. The highest BCUT2D eigenvalue weighted by molar-refractivity contribution is 5.20. The molecule has 0 saturated carbocycles. The van der Waals surface area contributed by atoms with Crippen molar-refractivity contribution >= 4 is 0 Å². The first-order chi connectivity index (χ1) is 7.29. The first kappa shape index (κ1) is 10.6. The lowest BCUT2D eigenvalue weighted by Gasteiger charge is -2.15. The van der Waals surface area contributed by atoms with Crippen molar-refractivity contribution in [2.24, 2.45) is 0 Å². The summed E-state index contributed by atoms with van der Waals surface area (Å²) >= 11 is 0. The second-order valence-corrected chi connectivity index (χ2v) is 4.36. The quantitative estimate of drug-likeness (QED) is 0.812. The van der Waals surface area contributed by atoms with Crippen LogP contribution in [0.5, 0.6) is 0 Å². The van der Waals surface area contributed by atoms with Gasteiger partial charge in [0, 0.05) is 24.4 Å². The first-order valence-corrected chi connectivity index (χ1v) is 5.80. The molecule has 0 saturated heterocycles. The van der Waals surface area contributed by atoms with Crippen LogP contribution in [0.4, 0.5) is 0 Å². The number of aryl methyl sites for hydroxylation is 2. The molecule has 82 valence electrons. The van der Waals surface area contributed by atoms with Crippen LogP contribution >= 0.6 is 0 Å². The summed E-state index contributed by atoms with van der Waals surface area (Å²) in [4.78, 5) is 9.08. The third-order valence-corrected chi connectivity index (χ3v) is 3.10. The van der Waals surface area contributed by atoms with E-state index in [4.69, 9.17) is 0 Å². The van der Waals surface area contributed by atoms with Crippen molar-refractivity contribution in [2.45, 2.75) is 45.1 Å². The summed E-state index contributed by atoms with van der Waals surface area (Å²) in [7, 11) is 1.98. The third kappa shape index (κ3) is 2.53. The molecule has 3 nitrogen and oxygen atoms in total. The topological polar surface area (TPSA) is 37.8 Å². The summed E-state index contributed by atoms with van der Waals surface area (Å²) in [6, 6.07) is 0.451. The van der Waals surface area contributed by atoms with E-state index in [9.17, 15) is 0 Å². The molecule has 1 aliphatic rings. The van der Waals surface area contributed by atoms with Crippen LogP contribution in [0, 0.1) is 0 Å². The summed E-state index contributed by atoms with van der Waals surface area (Å²) in [6.45, 7) is 2.16. The maximum absolute atomic E-state index is 4.65. The fourth-order valence-corrected chi connectivity index (χ4v) is 1.99. The minimum absolute atomic E-state index is 0.451. The van der Waals surface area contributed by atoms with E-state index in [1.807, 2.05) is 13.2 Å². The molecule has 0 fully saturated rings. The SMILES string of the molecule is CNC(C)Cc1ncc2c(n1)CCCC2. The Hall–Kier alpha value is -0.960. The summed E-state index contributed by atoms with van der Waals surface area (Å²) in [6.07, 6.45) is 7.83. The molecule has 1 heterocycles. The van der Waals surface area contributed by atoms with E-state index in [1.54, 1.807) is 0 Å². The smallest absolute Gasteiger partial charge is 0.130 e. The molecule has 15 heavy (non-hydrogen) atoms. The Labute approximate surface area is 91.3 Å². The van der Waals surface area contributed by atoms with E-state index >= 15 is 0 Å². The van der Waals surface area contributed by atoms with Gasteiger partial charge in [0.05, 0.1) is 0 Å². The summed E-state index contributed by atoms with van der Waals surface area (Å²) in [5.41, 5.74) is 2.65. The van der Waals surface area contributed by atoms with Crippen LogP contribution in [0.1, 0.15) is 36.8 Å². The van der Waals surface area contributed by atoms with Crippen LogP contribution in [0.3, 0.4) is 0 Å². The van der Waals surface area contributed by atoms with Crippen LogP contribution in [0.2, 0.25) is 0 Å². The molecule has 3 heteroatoms. The van der Waals surface area contributed by atoms with Gasteiger partial charge in [0.25, 0.3) is 0 Å². The molecule has 0 amide bonds. The molecule has 1 unspecified atom stereocenters. The number of aromatic nitrogens is 2. The molecular weight excluding hydrogens is 186 g/mol. The number of likely N-dealkylation sites (N-methyl/N-ethyl adjacent to an activating group) is 1. The van der Waals surface area contributed by atoms with Crippen LogP contribution in [-0.2, 0) is 19.3 Å². The van der Waals surface area contributed by atoms with E-state index in [0.29, 0.717) is 6.04 Å². The van der Waals surface area contributed by atoms with Crippen LogP contribution < -0.4 is 5.32 Å². The van der Waals surface area contributed by atoms with Gasteiger partial charge in [-0.05, 0) is 45.2 Å². The number of hydrogen-bond acceptors (Lipinski definition) is 3. The largest absolute Gasteiger partial charge is 0.317 e. The lowest BCUT2D eigenvalue weighted by atomic mass is 9.97. The molecular formula is C12H19N3. The number of rotatable bonds is 3. The summed E-state index contributed by atoms with van der Waals surface area (Å²) in [5.74, 6) is 0.984. The van der Waals surface area contributed by atoms with E-state index in [0.717, 1.165) is 25.1 Å². The molecule has 1 N–H and O–H groups in total. The minimum Gasteiger partial charge on any atom is -0.317 e. The predicted octanol–water partition coefficient (Wildman–Crippen LogP) is 1.51. The highest BCUT2D eigenvalue weighted by Gasteiger charge is 2.12. The van der Waals surface area contributed by atoms with Gasteiger partial charge in [0.2, 0.25) is 0 Å². The van der Waals surface area contributed by atoms with Crippen molar-refractivity contribution in [2.75, 3.05) is 7.05 Å². The number of nitrogens with one attached hydrogen (secondary N) is 1. The molecule has 1 aromatic heterocycles. The van der Waals surface area contributed by atoms with Gasteiger partial charge in [-0.15, -0.1) is 0 Å². The highest BCUT2D eigenvalue weighted by atomic mass is 14.9. The molecule has 0 radical (unpaired) electrons. The molecule has 0 aromatic carbocycles. The van der Waals surface area contributed by atoms with E-state index in [2.05, 4.69) is 22.2 Å². The molecule has 1 atom stereocenters. The molecule has 1 aliphatic carbocycles. The third-order valence-electron chi connectivity index (χ3n) is 3.10. The normalized spacial score (nSPS) is 17.2. The Kier molecular flexibility index (Phi) is 3.31. The predicted molar refractivity (Wildman–Crippen MR) is 60.9 cm³/mol. The maximum Gasteiger partial charge on any atom is 0.130 e. The fourth-order valence-electron chi connectivity index (χ4n) is 1.99. The first-order valence-electron chi connectivity index (χ1n) is 5.80. The Bertz CT molecular complexity index is 336. The van der Waals surface area contributed by atoms with Crippen LogP contribution in [0.25, 0.3) is 0 Å². The molecule has 0 aliphatic heterocycles. The van der Waals surface area contributed by atoms with Crippen LogP contribution in [0.15, 0.2) is 6.20 Å². The van der Waals surface area contributed by atoms with Gasteiger partial charge < -0.3 is 5.32 Å². The zero-order chi connectivity index (χ0) is 10.7. The second kappa shape index (κ2) is 4.71. The Morgan fingerprint density at radius 2 is 2.20 bits per heavy atom. The van der Waals surface area contributed by atoms with Crippen molar-refractivity contribution in [1.82, 2.24) is 15.3 Å². The Morgan fingerprint density at radius 1 is 1.40 bits per heavy atom. The van der Waals surface area contributed by atoms with Gasteiger partial charge in [-0.25, -0.2) is 9.97 Å². The van der Waals surface area contributed by atoms with Crippen molar-refractivity contribution < 1.29 is 0 Å². The van der Waals surface area contributed by atoms with Gasteiger partial charge in [-0.3, -0.25) is 0 Å². The van der Waals surface area contributed by atoms with Gasteiger partial charge in [0.1, 0.15) is 5.82 Å². The average Bonchev–Trinajstić information content (AvgIpc) is 2.29. The molecule has 0 bridgehead atoms. The average molecular weight is 205 g/mol. The lowest BCUT2D eigenvalue weighted by Crippen LogP contribution is -2.25. The summed E-state index contributed by atoms with van der Waals surface area (Å²) < 4.78 is 0. The monoisotopic (exact) mass is 205 g/mol. The Balaban J connectivity index is 2.13. The Morgan fingerprint density at radius 3 is 3.00 bits per heavy atom. The molecule has 2 rings (SSSR count). The van der Waals surface area contributed by atoms with Gasteiger partial charge >= 0.3 is 0 Å². The summed E-state index contributed by atoms with van der Waals surface area (Å²) in [5, 5.41) is 3.21. The van der Waals surface area contributed by atoms with Crippen molar-refractivity contribution in [1.29, 1.82) is 0 Å². The van der Waals surface area contributed by atoms with E-state index in [1.165, 1.54) is 24.1 Å². The number of fused-ring (bicyclic) bond motifs is 1. The van der Waals surface area contributed by atoms with Gasteiger partial charge in [-0.1, -0.05) is 0 Å². The fraction of sp³-hybridized carbons (Fsp3) is 0.667. The number of nitrogens with zero attached hydrogens (tertiary/aromatic N) is 2. The molecule has 0 spiro atoms. The van der Waals surface area contributed by atoms with Crippen molar-refractivity contribution in [3.63, 3.8) is 0 Å². The molecule has 1 aromatic rings. The number of hydrogen-bond donors (Lipinski definition) is 1. The zero-order valence-corrected chi connectivity index (χ0v) is 9.58. The van der Waals surface area contributed by atoms with Crippen LogP contribution in [-0.4, -0.2) is 23.1 Å². The lowest BCUT2D eigenvalue weighted by molar-refractivity contribution is 0.581. The zero-order valence-electron chi connectivity index (χ0n) is 9.58. The van der Waals surface area contributed by atoms with E-state index < -0.39 is 0 Å². The van der Waals surface area contributed by atoms with Gasteiger partial charge in [0.15, 0.2) is 0 Å². The van der Waals surface area contributed by atoms with Crippen molar-refractivity contribution in [3.8, 4) is 0 Å². The van der Waals surface area contributed by atoms with Gasteiger partial charge in [-0.2, -0.15) is 0 Å².